The number of carboxylic acid groups (broad SMARTS) is 1. The Bertz CT molecular complexity index is 984. The van der Waals surface area contributed by atoms with Crippen molar-refractivity contribution >= 4 is 27.6 Å². The van der Waals surface area contributed by atoms with Crippen molar-refractivity contribution in [2.24, 2.45) is 0 Å². The zero-order valence-electron chi connectivity index (χ0n) is 15.7. The maximum Gasteiger partial charge on any atom is 0.326 e. The molecule has 1 N–H and O–H groups in total. The molecule has 3 rings (SSSR count). The molecule has 1 unspecified atom stereocenters. The van der Waals surface area contributed by atoms with Gasteiger partial charge in [-0.15, -0.1) is 0 Å². The lowest BCUT2D eigenvalue weighted by Crippen LogP contribution is -2.40. The molecule has 2 aromatic carbocycles. The number of nitrogens with zero attached hydrogens (tertiary/aromatic N) is 2. The molecule has 1 aliphatic heterocycles. The van der Waals surface area contributed by atoms with Gasteiger partial charge in [0.1, 0.15) is 6.04 Å². The molecule has 28 heavy (non-hydrogen) atoms. The number of benzene rings is 2. The van der Waals surface area contributed by atoms with E-state index in [0.29, 0.717) is 30.6 Å². The van der Waals surface area contributed by atoms with Gasteiger partial charge >= 0.3 is 5.97 Å². The van der Waals surface area contributed by atoms with Crippen LogP contribution in [0.1, 0.15) is 28.8 Å². The van der Waals surface area contributed by atoms with Gasteiger partial charge in [-0.05, 0) is 56.2 Å². The number of likely N-dealkylation sites (tertiary alicyclic amines) is 1. The number of carbonyl (C=O) groups excluding carboxylic acids is 1. The van der Waals surface area contributed by atoms with E-state index in [4.69, 9.17) is 0 Å². The Hall–Kier alpha value is -2.87. The third kappa shape index (κ3) is 3.73. The van der Waals surface area contributed by atoms with Crippen LogP contribution in [0.4, 0.5) is 5.69 Å². The van der Waals surface area contributed by atoms with E-state index >= 15 is 0 Å². The van der Waals surface area contributed by atoms with Crippen LogP contribution in [0.3, 0.4) is 0 Å². The summed E-state index contributed by atoms with van der Waals surface area (Å²) in [4.78, 5) is 25.4. The van der Waals surface area contributed by atoms with Gasteiger partial charge in [-0.3, -0.25) is 9.10 Å². The second kappa shape index (κ2) is 7.63. The van der Waals surface area contributed by atoms with Crippen LogP contribution < -0.4 is 4.31 Å². The summed E-state index contributed by atoms with van der Waals surface area (Å²) in [5.74, 6) is -1.37. The van der Waals surface area contributed by atoms with Crippen LogP contribution in [0.15, 0.2) is 53.4 Å². The van der Waals surface area contributed by atoms with Crippen LogP contribution in [0.25, 0.3) is 0 Å². The number of aryl methyl sites for hydroxylation is 1. The van der Waals surface area contributed by atoms with Gasteiger partial charge in [-0.2, -0.15) is 0 Å². The largest absolute Gasteiger partial charge is 0.480 e. The van der Waals surface area contributed by atoms with Crippen molar-refractivity contribution in [3.05, 3.63) is 59.7 Å². The number of hydrogen-bond acceptors (Lipinski definition) is 4. The standard InChI is InChI=1S/C20H22N2O5S/c1-14-5-11-17(12-6-14)28(26,27)21(2)16-9-7-15(8-10-16)19(23)22-13-3-4-18(22)20(24)25/h5-12,18H,3-4,13H2,1-2H3,(H,24,25). The molecule has 0 radical (unpaired) electrons. The predicted octanol–water partition coefficient (Wildman–Crippen LogP) is 2.51. The maximum absolute atomic E-state index is 12.8. The van der Waals surface area contributed by atoms with Gasteiger partial charge in [-0.25, -0.2) is 13.2 Å². The summed E-state index contributed by atoms with van der Waals surface area (Å²) >= 11 is 0. The van der Waals surface area contributed by atoms with Crippen LogP contribution in [-0.2, 0) is 14.8 Å². The molecule has 1 saturated heterocycles. The average molecular weight is 402 g/mol. The Morgan fingerprint density at radius 3 is 2.25 bits per heavy atom. The van der Waals surface area contributed by atoms with Crippen molar-refractivity contribution in [1.29, 1.82) is 0 Å². The summed E-state index contributed by atoms with van der Waals surface area (Å²) in [6.07, 6.45) is 1.09. The lowest BCUT2D eigenvalue weighted by Gasteiger charge is -2.22. The van der Waals surface area contributed by atoms with E-state index in [1.807, 2.05) is 6.92 Å². The summed E-state index contributed by atoms with van der Waals surface area (Å²) < 4.78 is 26.7. The van der Waals surface area contributed by atoms with E-state index < -0.39 is 22.0 Å². The van der Waals surface area contributed by atoms with E-state index in [0.717, 1.165) is 9.87 Å². The zero-order chi connectivity index (χ0) is 20.5. The van der Waals surface area contributed by atoms with Crippen molar-refractivity contribution in [3.8, 4) is 0 Å². The second-order valence-electron chi connectivity index (χ2n) is 6.83. The third-order valence-corrected chi connectivity index (χ3v) is 6.76. The van der Waals surface area contributed by atoms with E-state index in [2.05, 4.69) is 0 Å². The smallest absolute Gasteiger partial charge is 0.326 e. The molecule has 1 aliphatic rings. The number of sulfonamides is 1. The van der Waals surface area contributed by atoms with Crippen LogP contribution in [0.5, 0.6) is 0 Å². The molecule has 0 bridgehead atoms. The van der Waals surface area contributed by atoms with Crippen molar-refractivity contribution in [1.82, 2.24) is 4.90 Å². The monoisotopic (exact) mass is 402 g/mol. The highest BCUT2D eigenvalue weighted by atomic mass is 32.2. The van der Waals surface area contributed by atoms with Gasteiger partial charge in [0.15, 0.2) is 0 Å². The normalized spacial score (nSPS) is 16.8. The van der Waals surface area contributed by atoms with Crippen molar-refractivity contribution < 1.29 is 23.1 Å². The van der Waals surface area contributed by atoms with Crippen LogP contribution >= 0.6 is 0 Å². The number of carboxylic acids is 1. The molecule has 0 saturated carbocycles. The van der Waals surface area contributed by atoms with Crippen LogP contribution in [0.2, 0.25) is 0 Å². The first kappa shape index (κ1) is 19.9. The van der Waals surface area contributed by atoms with Gasteiger partial charge in [-0.1, -0.05) is 17.7 Å². The highest BCUT2D eigenvalue weighted by molar-refractivity contribution is 7.92. The Labute approximate surface area is 164 Å². The quantitative estimate of drug-likeness (QED) is 0.829. The molecule has 0 spiro atoms. The summed E-state index contributed by atoms with van der Waals surface area (Å²) in [5, 5.41) is 9.24. The van der Waals surface area contributed by atoms with E-state index in [1.54, 1.807) is 36.4 Å². The van der Waals surface area contributed by atoms with E-state index in [-0.39, 0.29) is 10.8 Å². The van der Waals surface area contributed by atoms with Crippen LogP contribution in [0, 0.1) is 6.92 Å². The molecule has 1 atom stereocenters. The number of amides is 1. The zero-order valence-corrected chi connectivity index (χ0v) is 16.5. The fraction of sp³-hybridized carbons (Fsp3) is 0.300. The van der Waals surface area contributed by atoms with Crippen molar-refractivity contribution in [3.63, 3.8) is 0 Å². The minimum absolute atomic E-state index is 0.183. The molecule has 8 heteroatoms. The highest BCUT2D eigenvalue weighted by Crippen LogP contribution is 2.25. The molecule has 1 heterocycles. The van der Waals surface area contributed by atoms with Gasteiger partial charge in [0, 0.05) is 19.2 Å². The molecule has 148 valence electrons. The third-order valence-electron chi connectivity index (χ3n) is 4.96. The topological polar surface area (TPSA) is 95.0 Å². The van der Waals surface area contributed by atoms with Crippen LogP contribution in [-0.4, -0.2) is 49.9 Å². The lowest BCUT2D eigenvalue weighted by atomic mass is 10.1. The summed E-state index contributed by atoms with van der Waals surface area (Å²) in [6, 6.07) is 11.9. The molecule has 2 aromatic rings. The maximum atomic E-state index is 12.8. The van der Waals surface area contributed by atoms with Crippen molar-refractivity contribution in [2.75, 3.05) is 17.9 Å². The molecule has 0 aromatic heterocycles. The highest BCUT2D eigenvalue weighted by Gasteiger charge is 2.34. The number of aliphatic carboxylic acids is 1. The molecule has 1 amide bonds. The number of anilines is 1. The Morgan fingerprint density at radius 2 is 1.68 bits per heavy atom. The fourth-order valence-electron chi connectivity index (χ4n) is 3.25. The first-order chi connectivity index (χ1) is 13.2. The fourth-order valence-corrected chi connectivity index (χ4v) is 4.45. The molecular weight excluding hydrogens is 380 g/mol. The average Bonchev–Trinajstić information content (AvgIpc) is 3.17. The Balaban J connectivity index is 1.81. The van der Waals surface area contributed by atoms with Gasteiger partial charge in [0.2, 0.25) is 0 Å². The molecule has 0 aliphatic carbocycles. The van der Waals surface area contributed by atoms with Gasteiger partial charge < -0.3 is 10.0 Å². The minimum Gasteiger partial charge on any atom is -0.480 e. The first-order valence-electron chi connectivity index (χ1n) is 8.91. The minimum atomic E-state index is -3.72. The van der Waals surface area contributed by atoms with E-state index in [9.17, 15) is 23.1 Å². The molecular formula is C20H22N2O5S. The predicted molar refractivity (Wildman–Crippen MR) is 105 cm³/mol. The Morgan fingerprint density at radius 1 is 1.07 bits per heavy atom. The first-order valence-corrected chi connectivity index (χ1v) is 10.4. The number of hydrogen-bond donors (Lipinski definition) is 1. The van der Waals surface area contributed by atoms with Gasteiger partial charge in [0.05, 0.1) is 10.6 Å². The summed E-state index contributed by atoms with van der Waals surface area (Å²) in [7, 11) is -2.27. The summed E-state index contributed by atoms with van der Waals surface area (Å²) in [5.41, 5.74) is 1.71. The number of carbonyl (C=O) groups is 2. The van der Waals surface area contributed by atoms with Gasteiger partial charge in [0.25, 0.3) is 15.9 Å². The van der Waals surface area contributed by atoms with Crippen molar-refractivity contribution in [2.45, 2.75) is 30.7 Å². The Kier molecular flexibility index (Phi) is 5.42. The second-order valence-corrected chi connectivity index (χ2v) is 8.80. The van der Waals surface area contributed by atoms with E-state index in [1.165, 1.54) is 24.1 Å². The lowest BCUT2D eigenvalue weighted by molar-refractivity contribution is -0.141. The SMILES string of the molecule is Cc1ccc(S(=O)(=O)N(C)c2ccc(C(=O)N3CCCC3C(=O)O)cc2)cc1. The molecule has 1 fully saturated rings. The summed E-state index contributed by atoms with van der Waals surface area (Å²) in [6.45, 7) is 2.28. The molecule has 7 nitrogen and oxygen atoms in total. The number of rotatable bonds is 5.